The number of carbonyl (C=O) groups excluding carboxylic acids is 1. The van der Waals surface area contributed by atoms with E-state index in [0.29, 0.717) is 0 Å². The Morgan fingerprint density at radius 3 is 2.67 bits per heavy atom. The molecule has 0 rings (SSSR count). The van der Waals surface area contributed by atoms with Crippen LogP contribution in [0.25, 0.3) is 0 Å². The number of aliphatic hydroxyl groups excluding tert-OH is 1. The number of hydrogen-bond acceptors (Lipinski definition) is 4. The van der Waals surface area contributed by atoms with Crippen molar-refractivity contribution in [1.29, 1.82) is 0 Å². The van der Waals surface area contributed by atoms with E-state index in [1.54, 1.807) is 0 Å². The summed E-state index contributed by atoms with van der Waals surface area (Å²) in [6, 6.07) is -0.938. The summed E-state index contributed by atoms with van der Waals surface area (Å²) in [7, 11) is 0. The summed E-state index contributed by atoms with van der Waals surface area (Å²) in [4.78, 5) is 19.6. The Labute approximate surface area is 51.8 Å². The third kappa shape index (κ3) is 2.89. The van der Waals surface area contributed by atoms with E-state index in [-0.39, 0.29) is 13.0 Å². The quantitative estimate of drug-likeness (QED) is 0.481. The molecule has 0 heterocycles. The van der Waals surface area contributed by atoms with Crippen molar-refractivity contribution < 1.29 is 9.90 Å². The molecule has 0 aliphatic rings. The van der Waals surface area contributed by atoms with E-state index in [0.717, 1.165) is 0 Å². The van der Waals surface area contributed by atoms with Crippen molar-refractivity contribution in [2.45, 2.75) is 12.5 Å². The van der Waals surface area contributed by atoms with Gasteiger partial charge in [0.25, 0.3) is 0 Å². The molecule has 52 valence electrons. The SMILES string of the molecule is NC(CCO)C(=O)N=O. The zero-order valence-electron chi connectivity index (χ0n) is 4.78. The van der Waals surface area contributed by atoms with Gasteiger partial charge in [0.2, 0.25) is 0 Å². The van der Waals surface area contributed by atoms with Gasteiger partial charge in [-0.05, 0) is 6.42 Å². The minimum absolute atomic E-state index is 0.0879. The Balaban J connectivity index is 3.58. The van der Waals surface area contributed by atoms with Gasteiger partial charge in [-0.1, -0.05) is 0 Å². The summed E-state index contributed by atoms with van der Waals surface area (Å²) < 4.78 is 0. The zero-order valence-corrected chi connectivity index (χ0v) is 4.78. The van der Waals surface area contributed by atoms with E-state index in [1.807, 2.05) is 0 Å². The lowest BCUT2D eigenvalue weighted by molar-refractivity contribution is -0.119. The molecule has 0 fully saturated rings. The smallest absolute Gasteiger partial charge is 0.302 e. The van der Waals surface area contributed by atoms with Gasteiger partial charge in [0.15, 0.2) is 0 Å². The molecule has 0 aromatic heterocycles. The molecular weight excluding hydrogens is 124 g/mol. The molecule has 0 aliphatic carbocycles. The molecule has 0 radical (unpaired) electrons. The molecule has 3 N–H and O–H groups in total. The molecule has 0 bridgehead atoms. The molecule has 5 nitrogen and oxygen atoms in total. The molecule has 0 aromatic carbocycles. The van der Waals surface area contributed by atoms with Crippen molar-refractivity contribution in [2.75, 3.05) is 6.61 Å². The fraction of sp³-hybridized carbons (Fsp3) is 0.750. The van der Waals surface area contributed by atoms with Gasteiger partial charge in [-0.3, -0.25) is 4.79 Å². The first-order chi connectivity index (χ1) is 4.22. The second-order valence-corrected chi connectivity index (χ2v) is 1.55. The molecule has 1 atom stereocenters. The first kappa shape index (κ1) is 8.19. The van der Waals surface area contributed by atoms with Gasteiger partial charge in [0.1, 0.15) is 0 Å². The van der Waals surface area contributed by atoms with Crippen LogP contribution in [-0.2, 0) is 4.79 Å². The van der Waals surface area contributed by atoms with Crippen LogP contribution >= 0.6 is 0 Å². The van der Waals surface area contributed by atoms with Crippen molar-refractivity contribution in [3.8, 4) is 0 Å². The van der Waals surface area contributed by atoms with Crippen LogP contribution in [0.1, 0.15) is 6.42 Å². The van der Waals surface area contributed by atoms with Crippen LogP contribution in [0, 0.1) is 4.91 Å². The van der Waals surface area contributed by atoms with E-state index in [1.165, 1.54) is 0 Å². The maximum absolute atomic E-state index is 10.2. The first-order valence-electron chi connectivity index (χ1n) is 2.46. The number of hydrogen-bond donors (Lipinski definition) is 2. The summed E-state index contributed by atoms with van der Waals surface area (Å²) in [5.41, 5.74) is 5.03. The summed E-state index contributed by atoms with van der Waals surface area (Å²) in [5.74, 6) is -0.913. The van der Waals surface area contributed by atoms with Gasteiger partial charge in [-0.15, -0.1) is 4.91 Å². The lowest BCUT2D eigenvalue weighted by Crippen LogP contribution is -2.29. The molecule has 1 amide bonds. The van der Waals surface area contributed by atoms with Crippen LogP contribution in [-0.4, -0.2) is 23.7 Å². The van der Waals surface area contributed by atoms with Crippen LogP contribution < -0.4 is 5.73 Å². The molecule has 0 saturated carbocycles. The molecule has 0 aliphatic heterocycles. The van der Waals surface area contributed by atoms with E-state index in [9.17, 15) is 9.70 Å². The van der Waals surface area contributed by atoms with Crippen LogP contribution in [0.15, 0.2) is 5.18 Å². The van der Waals surface area contributed by atoms with Gasteiger partial charge >= 0.3 is 5.91 Å². The Morgan fingerprint density at radius 1 is 1.78 bits per heavy atom. The van der Waals surface area contributed by atoms with E-state index in [4.69, 9.17) is 10.8 Å². The summed E-state index contributed by atoms with van der Waals surface area (Å²) in [5, 5.41) is 10.3. The van der Waals surface area contributed by atoms with Crippen molar-refractivity contribution in [3.05, 3.63) is 4.91 Å². The topological polar surface area (TPSA) is 92.8 Å². The highest BCUT2D eigenvalue weighted by Gasteiger charge is 2.11. The maximum Gasteiger partial charge on any atom is 0.302 e. The second-order valence-electron chi connectivity index (χ2n) is 1.55. The Bertz CT molecular complexity index is 114. The number of nitrogens with zero attached hydrogens (tertiary/aromatic N) is 1. The molecule has 1 unspecified atom stereocenters. The molecule has 5 heteroatoms. The van der Waals surface area contributed by atoms with Crippen LogP contribution in [0.2, 0.25) is 0 Å². The Hall–Kier alpha value is -0.810. The van der Waals surface area contributed by atoms with Gasteiger partial charge in [-0.2, -0.15) is 0 Å². The number of rotatable bonds is 3. The van der Waals surface area contributed by atoms with Crippen LogP contribution in [0.3, 0.4) is 0 Å². The lowest BCUT2D eigenvalue weighted by atomic mass is 10.2. The van der Waals surface area contributed by atoms with Crippen molar-refractivity contribution in [2.24, 2.45) is 10.9 Å². The number of nitroso groups, excluding NO2 is 1. The fourth-order valence-corrected chi connectivity index (χ4v) is 0.330. The van der Waals surface area contributed by atoms with Crippen LogP contribution in [0.5, 0.6) is 0 Å². The number of carbonyl (C=O) groups is 1. The number of aliphatic hydroxyl groups is 1. The largest absolute Gasteiger partial charge is 0.396 e. The summed E-state index contributed by atoms with van der Waals surface area (Å²) >= 11 is 0. The molecular formula is C4H8N2O3. The molecule has 9 heavy (non-hydrogen) atoms. The Kier molecular flexibility index (Phi) is 3.74. The normalized spacial score (nSPS) is 12.7. The second kappa shape index (κ2) is 4.11. The van der Waals surface area contributed by atoms with Gasteiger partial charge < -0.3 is 10.8 Å². The van der Waals surface area contributed by atoms with Crippen LogP contribution in [0.4, 0.5) is 0 Å². The summed E-state index contributed by atoms with van der Waals surface area (Å²) in [6.07, 6.45) is 0.0879. The number of amides is 1. The zero-order chi connectivity index (χ0) is 7.28. The molecule has 0 spiro atoms. The van der Waals surface area contributed by atoms with Crippen molar-refractivity contribution >= 4 is 5.91 Å². The van der Waals surface area contributed by atoms with Gasteiger partial charge in [0.05, 0.1) is 6.04 Å². The standard InChI is InChI=1S/C4H8N2O3/c5-3(1-2-7)4(8)6-9/h3,7H,1-2,5H2. The predicted molar refractivity (Wildman–Crippen MR) is 30.5 cm³/mol. The lowest BCUT2D eigenvalue weighted by Gasteiger charge is -1.99. The monoisotopic (exact) mass is 132 g/mol. The maximum atomic E-state index is 10.2. The highest BCUT2D eigenvalue weighted by atomic mass is 16.3. The average Bonchev–Trinajstić information content (AvgIpc) is 1.87. The van der Waals surface area contributed by atoms with Gasteiger partial charge in [0, 0.05) is 11.8 Å². The highest BCUT2D eigenvalue weighted by molar-refractivity contribution is 5.81. The predicted octanol–water partition coefficient (Wildman–Crippen LogP) is -1.01. The average molecular weight is 132 g/mol. The minimum Gasteiger partial charge on any atom is -0.396 e. The highest BCUT2D eigenvalue weighted by Crippen LogP contribution is 1.88. The third-order valence-corrected chi connectivity index (χ3v) is 0.847. The van der Waals surface area contributed by atoms with E-state index < -0.39 is 11.9 Å². The minimum atomic E-state index is -0.938. The van der Waals surface area contributed by atoms with Crippen molar-refractivity contribution in [3.63, 3.8) is 0 Å². The fourth-order valence-electron chi connectivity index (χ4n) is 0.330. The molecule has 0 saturated heterocycles. The Morgan fingerprint density at radius 2 is 2.33 bits per heavy atom. The first-order valence-corrected chi connectivity index (χ1v) is 2.46. The van der Waals surface area contributed by atoms with Crippen molar-refractivity contribution in [1.82, 2.24) is 0 Å². The van der Waals surface area contributed by atoms with E-state index in [2.05, 4.69) is 5.18 Å². The summed E-state index contributed by atoms with van der Waals surface area (Å²) in [6.45, 7) is -0.206. The molecule has 0 aromatic rings. The van der Waals surface area contributed by atoms with E-state index >= 15 is 0 Å². The number of nitrogens with two attached hydrogens (primary N) is 1. The third-order valence-electron chi connectivity index (χ3n) is 0.847. The van der Waals surface area contributed by atoms with Gasteiger partial charge in [-0.25, -0.2) is 0 Å².